The highest BCUT2D eigenvalue weighted by molar-refractivity contribution is 5.95. The van der Waals surface area contributed by atoms with Crippen LogP contribution in [-0.4, -0.2) is 11.8 Å². The second-order valence-corrected chi connectivity index (χ2v) is 8.09. The first-order valence-corrected chi connectivity index (χ1v) is 9.53. The van der Waals surface area contributed by atoms with Crippen molar-refractivity contribution in [2.75, 3.05) is 0 Å². The fourth-order valence-electron chi connectivity index (χ4n) is 3.69. The van der Waals surface area contributed by atoms with Crippen LogP contribution in [0, 0.1) is 0 Å². The Balaban J connectivity index is 1.87. The highest BCUT2D eigenvalue weighted by Crippen LogP contribution is 2.46. The second kappa shape index (κ2) is 7.00. The molecule has 1 atom stereocenters. The number of benzene rings is 3. The smallest absolute Gasteiger partial charge is 0.0524 e. The fourth-order valence-corrected chi connectivity index (χ4v) is 3.69. The molecule has 0 spiro atoms. The Morgan fingerprint density at radius 2 is 1.37 bits per heavy atom. The lowest BCUT2D eigenvalue weighted by molar-refractivity contribution is 0.586. The monoisotopic (exact) mass is 351 g/mol. The Bertz CT molecular complexity index is 1000. The van der Waals surface area contributed by atoms with Crippen molar-refractivity contribution in [2.24, 2.45) is 4.99 Å². The third-order valence-corrected chi connectivity index (χ3v) is 4.93. The average molecular weight is 351 g/mol. The van der Waals surface area contributed by atoms with Crippen LogP contribution in [0.4, 0.5) is 0 Å². The molecule has 0 saturated heterocycles. The minimum absolute atomic E-state index is 0.0845. The van der Waals surface area contributed by atoms with Crippen LogP contribution in [0.2, 0.25) is 0 Å². The molecule has 27 heavy (non-hydrogen) atoms. The molecule has 1 heteroatoms. The summed E-state index contributed by atoms with van der Waals surface area (Å²) >= 11 is 0. The van der Waals surface area contributed by atoms with E-state index in [1.54, 1.807) is 0 Å². The highest BCUT2D eigenvalue weighted by Gasteiger charge is 2.28. The molecule has 3 aromatic carbocycles. The number of hydrogen-bond donors (Lipinski definition) is 0. The van der Waals surface area contributed by atoms with Crippen molar-refractivity contribution in [3.05, 3.63) is 107 Å². The average Bonchev–Trinajstić information content (AvgIpc) is 3.06. The van der Waals surface area contributed by atoms with Crippen LogP contribution in [0.15, 0.2) is 83.9 Å². The number of aliphatic imine (C=N–C) groups is 1. The largest absolute Gasteiger partial charge is 0.287 e. The summed E-state index contributed by atoms with van der Waals surface area (Å²) in [5.74, 6) is 0.228. The molecule has 4 rings (SSSR count). The van der Waals surface area contributed by atoms with Gasteiger partial charge < -0.3 is 0 Å². The lowest BCUT2D eigenvalue weighted by Crippen LogP contribution is -2.11. The van der Waals surface area contributed by atoms with E-state index in [0.717, 1.165) is 0 Å². The molecule has 0 amide bonds. The molecule has 0 aliphatic heterocycles. The SMILES string of the molecule is CC(C)(C)/N=C\c1ccccc1C1C(c2ccccc2)=Cc2ccccc21. The van der Waals surface area contributed by atoms with Gasteiger partial charge in [0.25, 0.3) is 0 Å². The van der Waals surface area contributed by atoms with Gasteiger partial charge in [-0.3, -0.25) is 4.99 Å². The maximum Gasteiger partial charge on any atom is 0.0524 e. The van der Waals surface area contributed by atoms with Crippen molar-refractivity contribution in [3.8, 4) is 0 Å². The van der Waals surface area contributed by atoms with Gasteiger partial charge in [0.1, 0.15) is 0 Å². The molecule has 134 valence electrons. The van der Waals surface area contributed by atoms with E-state index in [2.05, 4.69) is 106 Å². The maximum absolute atomic E-state index is 4.77. The Labute approximate surface area is 162 Å². The molecular weight excluding hydrogens is 326 g/mol. The molecule has 3 aromatic rings. The lowest BCUT2D eigenvalue weighted by Gasteiger charge is -2.20. The first-order chi connectivity index (χ1) is 13.0. The first-order valence-electron chi connectivity index (χ1n) is 9.53. The summed E-state index contributed by atoms with van der Waals surface area (Å²) in [5, 5.41) is 0. The Morgan fingerprint density at radius 3 is 2.11 bits per heavy atom. The quantitative estimate of drug-likeness (QED) is 0.472. The Kier molecular flexibility index (Phi) is 4.53. The standard InChI is InChI=1S/C26H25N/c1-26(2,3)27-18-21-14-8-10-16-23(21)25-22-15-9-7-13-20(22)17-24(25)19-11-5-4-6-12-19/h4-18,25H,1-3H3/b27-18-. The van der Waals surface area contributed by atoms with Crippen LogP contribution in [0.1, 0.15) is 54.5 Å². The van der Waals surface area contributed by atoms with Gasteiger partial charge in [0, 0.05) is 12.1 Å². The minimum atomic E-state index is -0.0845. The summed E-state index contributed by atoms with van der Waals surface area (Å²) in [6.07, 6.45) is 4.38. The molecule has 1 nitrogen and oxygen atoms in total. The van der Waals surface area contributed by atoms with Crippen LogP contribution in [-0.2, 0) is 0 Å². The van der Waals surface area contributed by atoms with E-state index >= 15 is 0 Å². The van der Waals surface area contributed by atoms with Crippen molar-refractivity contribution in [1.29, 1.82) is 0 Å². The van der Waals surface area contributed by atoms with Crippen LogP contribution in [0.3, 0.4) is 0 Å². The predicted molar refractivity (Wildman–Crippen MR) is 116 cm³/mol. The number of hydrogen-bond acceptors (Lipinski definition) is 1. The molecular formula is C26H25N. The van der Waals surface area contributed by atoms with Crippen LogP contribution >= 0.6 is 0 Å². The molecule has 1 aliphatic rings. The zero-order chi connectivity index (χ0) is 18.9. The summed E-state index contributed by atoms with van der Waals surface area (Å²) in [6.45, 7) is 6.39. The topological polar surface area (TPSA) is 12.4 Å². The molecule has 0 fully saturated rings. The summed E-state index contributed by atoms with van der Waals surface area (Å²) in [7, 11) is 0. The summed E-state index contributed by atoms with van der Waals surface area (Å²) in [5.41, 5.74) is 7.73. The van der Waals surface area contributed by atoms with Gasteiger partial charge in [-0.05, 0) is 60.2 Å². The van der Waals surface area contributed by atoms with Gasteiger partial charge >= 0.3 is 0 Å². The van der Waals surface area contributed by atoms with E-state index in [4.69, 9.17) is 4.99 Å². The first kappa shape index (κ1) is 17.5. The van der Waals surface area contributed by atoms with E-state index in [-0.39, 0.29) is 11.5 Å². The third kappa shape index (κ3) is 3.64. The van der Waals surface area contributed by atoms with Crippen molar-refractivity contribution >= 4 is 17.9 Å². The molecule has 0 heterocycles. The fraction of sp³-hybridized carbons (Fsp3) is 0.192. The zero-order valence-electron chi connectivity index (χ0n) is 16.2. The number of allylic oxidation sites excluding steroid dienone is 1. The number of rotatable bonds is 3. The molecule has 1 unspecified atom stereocenters. The molecule has 0 aromatic heterocycles. The van der Waals surface area contributed by atoms with Gasteiger partial charge in [0.05, 0.1) is 5.54 Å². The summed E-state index contributed by atoms with van der Waals surface area (Å²) in [6, 6.07) is 28.1. The summed E-state index contributed by atoms with van der Waals surface area (Å²) < 4.78 is 0. The van der Waals surface area contributed by atoms with Gasteiger partial charge in [-0.2, -0.15) is 0 Å². The van der Waals surface area contributed by atoms with E-state index in [1.165, 1.54) is 33.4 Å². The van der Waals surface area contributed by atoms with Crippen molar-refractivity contribution in [2.45, 2.75) is 32.2 Å². The van der Waals surface area contributed by atoms with E-state index in [9.17, 15) is 0 Å². The molecule has 0 bridgehead atoms. The van der Waals surface area contributed by atoms with Crippen molar-refractivity contribution in [3.63, 3.8) is 0 Å². The Morgan fingerprint density at radius 1 is 0.741 bits per heavy atom. The van der Waals surface area contributed by atoms with Gasteiger partial charge in [-0.15, -0.1) is 0 Å². The van der Waals surface area contributed by atoms with Crippen LogP contribution < -0.4 is 0 Å². The lowest BCUT2D eigenvalue weighted by atomic mass is 9.83. The van der Waals surface area contributed by atoms with Gasteiger partial charge in [-0.1, -0.05) is 78.9 Å². The molecule has 0 saturated carbocycles. The van der Waals surface area contributed by atoms with E-state index in [0.29, 0.717) is 0 Å². The molecule has 0 radical (unpaired) electrons. The third-order valence-electron chi connectivity index (χ3n) is 4.93. The zero-order valence-corrected chi connectivity index (χ0v) is 16.2. The molecule has 1 aliphatic carbocycles. The van der Waals surface area contributed by atoms with Crippen LogP contribution in [0.5, 0.6) is 0 Å². The number of nitrogens with zero attached hydrogens (tertiary/aromatic N) is 1. The molecule has 0 N–H and O–H groups in total. The van der Waals surface area contributed by atoms with Crippen LogP contribution in [0.25, 0.3) is 11.6 Å². The maximum atomic E-state index is 4.77. The van der Waals surface area contributed by atoms with Gasteiger partial charge in [0.15, 0.2) is 0 Å². The normalized spacial score (nSPS) is 16.4. The highest BCUT2D eigenvalue weighted by atomic mass is 14.8. The second-order valence-electron chi connectivity index (χ2n) is 8.09. The summed E-state index contributed by atoms with van der Waals surface area (Å²) in [4.78, 5) is 4.77. The van der Waals surface area contributed by atoms with Gasteiger partial charge in [0.2, 0.25) is 0 Å². The minimum Gasteiger partial charge on any atom is -0.287 e. The van der Waals surface area contributed by atoms with E-state index < -0.39 is 0 Å². The van der Waals surface area contributed by atoms with Crippen molar-refractivity contribution in [1.82, 2.24) is 0 Å². The van der Waals surface area contributed by atoms with Crippen molar-refractivity contribution < 1.29 is 0 Å². The number of fused-ring (bicyclic) bond motifs is 1. The predicted octanol–water partition coefficient (Wildman–Crippen LogP) is 6.59. The van der Waals surface area contributed by atoms with E-state index in [1.807, 2.05) is 6.21 Å². The van der Waals surface area contributed by atoms with Gasteiger partial charge in [-0.25, -0.2) is 0 Å². The Hall–Kier alpha value is -2.93.